The van der Waals surface area contributed by atoms with Gasteiger partial charge in [-0.1, -0.05) is 25.1 Å². The molecular formula is C17H22N4O3. The quantitative estimate of drug-likeness (QED) is 0.564. The summed E-state index contributed by atoms with van der Waals surface area (Å²) < 4.78 is 0. The second-order valence-corrected chi connectivity index (χ2v) is 5.80. The van der Waals surface area contributed by atoms with Gasteiger partial charge in [0.05, 0.1) is 0 Å². The van der Waals surface area contributed by atoms with Gasteiger partial charge in [0.15, 0.2) is 0 Å². The predicted molar refractivity (Wildman–Crippen MR) is 90.7 cm³/mol. The van der Waals surface area contributed by atoms with Crippen LogP contribution < -0.4 is 16.8 Å². The molecule has 7 heteroatoms. The fourth-order valence-corrected chi connectivity index (χ4v) is 2.70. The number of rotatable bonds is 8. The maximum atomic E-state index is 12.3. The van der Waals surface area contributed by atoms with Crippen molar-refractivity contribution in [3.63, 3.8) is 0 Å². The zero-order chi connectivity index (χ0) is 17.7. The zero-order valence-corrected chi connectivity index (χ0v) is 13.5. The minimum Gasteiger partial charge on any atom is -0.370 e. The highest BCUT2D eigenvalue weighted by molar-refractivity contribution is 5.91. The van der Waals surface area contributed by atoms with E-state index in [4.69, 9.17) is 11.5 Å². The Kier molecular flexibility index (Phi) is 5.57. The third-order valence-electron chi connectivity index (χ3n) is 4.07. The number of carbonyl (C=O) groups excluding carboxylic acids is 3. The number of aromatic amines is 1. The van der Waals surface area contributed by atoms with Crippen LogP contribution in [0.4, 0.5) is 0 Å². The molecule has 0 radical (unpaired) electrons. The number of benzene rings is 1. The van der Waals surface area contributed by atoms with Gasteiger partial charge in [-0.25, -0.2) is 0 Å². The number of fused-ring (bicyclic) bond motifs is 1. The molecule has 0 fully saturated rings. The summed E-state index contributed by atoms with van der Waals surface area (Å²) in [5.41, 5.74) is 12.4. The molecule has 0 saturated carbocycles. The first kappa shape index (κ1) is 17.5. The molecule has 1 heterocycles. The summed E-state index contributed by atoms with van der Waals surface area (Å²) in [7, 11) is 0. The molecule has 1 aromatic carbocycles. The molecule has 2 unspecified atom stereocenters. The van der Waals surface area contributed by atoms with Gasteiger partial charge >= 0.3 is 0 Å². The van der Waals surface area contributed by atoms with E-state index in [0.29, 0.717) is 6.42 Å². The highest BCUT2D eigenvalue weighted by Crippen LogP contribution is 2.19. The van der Waals surface area contributed by atoms with Gasteiger partial charge in [-0.15, -0.1) is 0 Å². The number of amides is 3. The normalized spacial score (nSPS) is 13.4. The van der Waals surface area contributed by atoms with Gasteiger partial charge in [0.25, 0.3) is 0 Å². The molecule has 2 atom stereocenters. The molecule has 3 amide bonds. The summed E-state index contributed by atoms with van der Waals surface area (Å²) in [5, 5.41) is 3.61. The number of carbonyl (C=O) groups is 3. The Bertz CT molecular complexity index is 753. The molecule has 2 aromatic rings. The van der Waals surface area contributed by atoms with Gasteiger partial charge in [-0.3, -0.25) is 14.4 Å². The Labute approximate surface area is 139 Å². The standard InChI is InChI=1S/C17H22N4O3/c1-2-10(8-15(18)22)17(24)21-14(16(19)23)7-11-9-20-13-6-4-3-5-12(11)13/h3-6,9-10,14,20H,2,7-8H2,1H3,(H2,18,22)(H2,19,23)(H,21,24). The van der Waals surface area contributed by atoms with Crippen LogP contribution >= 0.6 is 0 Å². The first-order chi connectivity index (χ1) is 11.4. The van der Waals surface area contributed by atoms with Crippen LogP contribution in [-0.2, 0) is 20.8 Å². The van der Waals surface area contributed by atoms with Gasteiger partial charge in [0, 0.05) is 35.9 Å². The number of nitrogens with one attached hydrogen (secondary N) is 2. The molecule has 0 aliphatic heterocycles. The lowest BCUT2D eigenvalue weighted by Crippen LogP contribution is -2.48. The van der Waals surface area contributed by atoms with E-state index < -0.39 is 23.8 Å². The molecule has 7 nitrogen and oxygen atoms in total. The molecule has 6 N–H and O–H groups in total. The number of hydrogen-bond acceptors (Lipinski definition) is 3. The van der Waals surface area contributed by atoms with E-state index in [-0.39, 0.29) is 18.7 Å². The van der Waals surface area contributed by atoms with Gasteiger partial charge in [0.2, 0.25) is 17.7 Å². The van der Waals surface area contributed by atoms with Crippen molar-refractivity contribution in [3.05, 3.63) is 36.0 Å². The van der Waals surface area contributed by atoms with Crippen LogP contribution in [0.1, 0.15) is 25.3 Å². The van der Waals surface area contributed by atoms with Crippen LogP contribution in [0.5, 0.6) is 0 Å². The first-order valence-corrected chi connectivity index (χ1v) is 7.85. The lowest BCUT2D eigenvalue weighted by Gasteiger charge is -2.19. The van der Waals surface area contributed by atoms with Gasteiger partial charge < -0.3 is 21.8 Å². The van der Waals surface area contributed by atoms with E-state index in [9.17, 15) is 14.4 Å². The van der Waals surface area contributed by atoms with E-state index in [1.54, 1.807) is 13.1 Å². The molecule has 1 aromatic heterocycles. The van der Waals surface area contributed by atoms with Gasteiger partial charge in [-0.05, 0) is 18.1 Å². The van der Waals surface area contributed by atoms with Crippen molar-refractivity contribution >= 4 is 28.6 Å². The maximum Gasteiger partial charge on any atom is 0.240 e. The Morgan fingerprint density at radius 3 is 2.54 bits per heavy atom. The van der Waals surface area contributed by atoms with E-state index in [1.165, 1.54) is 0 Å². The predicted octanol–water partition coefficient (Wildman–Crippen LogP) is 0.582. The van der Waals surface area contributed by atoms with Crippen molar-refractivity contribution in [2.24, 2.45) is 17.4 Å². The van der Waals surface area contributed by atoms with Crippen LogP contribution in [0.25, 0.3) is 10.9 Å². The van der Waals surface area contributed by atoms with Gasteiger partial charge in [-0.2, -0.15) is 0 Å². The molecular weight excluding hydrogens is 308 g/mol. The Morgan fingerprint density at radius 2 is 1.92 bits per heavy atom. The number of para-hydroxylation sites is 1. The number of primary amides is 2. The summed E-state index contributed by atoms with van der Waals surface area (Å²) >= 11 is 0. The van der Waals surface area contributed by atoms with Gasteiger partial charge in [0.1, 0.15) is 6.04 Å². The molecule has 128 valence electrons. The van der Waals surface area contributed by atoms with Crippen LogP contribution in [0, 0.1) is 5.92 Å². The van der Waals surface area contributed by atoms with Crippen LogP contribution in [0.2, 0.25) is 0 Å². The number of H-pyrrole nitrogens is 1. The topological polar surface area (TPSA) is 131 Å². The third kappa shape index (κ3) is 4.13. The smallest absolute Gasteiger partial charge is 0.240 e. The van der Waals surface area contributed by atoms with Crippen molar-refractivity contribution in [1.29, 1.82) is 0 Å². The second-order valence-electron chi connectivity index (χ2n) is 5.80. The minimum atomic E-state index is -0.848. The van der Waals surface area contributed by atoms with Crippen molar-refractivity contribution in [1.82, 2.24) is 10.3 Å². The SMILES string of the molecule is CCC(CC(N)=O)C(=O)NC(Cc1c[nH]c2ccccc12)C(N)=O. The molecule has 0 bridgehead atoms. The fourth-order valence-electron chi connectivity index (χ4n) is 2.70. The fraction of sp³-hybridized carbons (Fsp3) is 0.353. The molecule has 0 saturated heterocycles. The van der Waals surface area contributed by atoms with Crippen LogP contribution in [0.15, 0.2) is 30.5 Å². The summed E-state index contributed by atoms with van der Waals surface area (Å²) in [6.45, 7) is 1.78. The highest BCUT2D eigenvalue weighted by Gasteiger charge is 2.25. The average molecular weight is 330 g/mol. The Morgan fingerprint density at radius 1 is 1.21 bits per heavy atom. The Hall–Kier alpha value is -2.83. The van der Waals surface area contributed by atoms with E-state index in [2.05, 4.69) is 10.3 Å². The molecule has 0 aliphatic rings. The minimum absolute atomic E-state index is 0.0547. The highest BCUT2D eigenvalue weighted by atomic mass is 16.2. The van der Waals surface area contributed by atoms with E-state index in [0.717, 1.165) is 16.5 Å². The largest absolute Gasteiger partial charge is 0.370 e. The second kappa shape index (κ2) is 7.63. The summed E-state index contributed by atoms with van der Waals surface area (Å²) in [5.74, 6) is -2.13. The number of nitrogens with two attached hydrogens (primary N) is 2. The van der Waals surface area contributed by atoms with Crippen LogP contribution in [-0.4, -0.2) is 28.7 Å². The summed E-state index contributed by atoms with van der Waals surface area (Å²) in [6.07, 6.45) is 2.47. The van der Waals surface area contributed by atoms with E-state index in [1.807, 2.05) is 24.3 Å². The molecule has 0 spiro atoms. The van der Waals surface area contributed by atoms with Crippen molar-refractivity contribution in [2.45, 2.75) is 32.2 Å². The van der Waals surface area contributed by atoms with E-state index >= 15 is 0 Å². The summed E-state index contributed by atoms with van der Waals surface area (Å²) in [6, 6.07) is 6.82. The molecule has 0 aliphatic carbocycles. The molecule has 24 heavy (non-hydrogen) atoms. The zero-order valence-electron chi connectivity index (χ0n) is 13.5. The lowest BCUT2D eigenvalue weighted by atomic mass is 9.99. The Balaban J connectivity index is 2.13. The summed E-state index contributed by atoms with van der Waals surface area (Å²) in [4.78, 5) is 38.2. The van der Waals surface area contributed by atoms with Crippen LogP contribution in [0.3, 0.4) is 0 Å². The maximum absolute atomic E-state index is 12.3. The molecule has 2 rings (SSSR count). The number of aromatic nitrogens is 1. The first-order valence-electron chi connectivity index (χ1n) is 7.85. The number of hydrogen-bond donors (Lipinski definition) is 4. The monoisotopic (exact) mass is 330 g/mol. The third-order valence-corrected chi connectivity index (χ3v) is 4.07. The average Bonchev–Trinajstić information content (AvgIpc) is 2.94. The lowest BCUT2D eigenvalue weighted by molar-refractivity contribution is -0.132. The van der Waals surface area contributed by atoms with Crippen molar-refractivity contribution in [2.75, 3.05) is 0 Å². The van der Waals surface area contributed by atoms with Crippen molar-refractivity contribution < 1.29 is 14.4 Å². The van der Waals surface area contributed by atoms with Crippen molar-refractivity contribution in [3.8, 4) is 0 Å².